The highest BCUT2D eigenvalue weighted by molar-refractivity contribution is 5.81. The Morgan fingerprint density at radius 3 is 2.66 bits per heavy atom. The maximum Gasteiger partial charge on any atom is 0.134 e. The Kier molecular flexibility index (Phi) is 3.96. The zero-order valence-corrected chi connectivity index (χ0v) is 17.9. The number of benzene rings is 2. The molecule has 3 aliphatic carbocycles. The minimum Gasteiger partial charge on any atom is -0.460 e. The van der Waals surface area contributed by atoms with Gasteiger partial charge in [-0.15, -0.1) is 0 Å². The van der Waals surface area contributed by atoms with Gasteiger partial charge in [0.25, 0.3) is 0 Å². The first kappa shape index (κ1) is 18.1. The number of nitrogens with zero attached hydrogens (tertiary/aromatic N) is 1. The van der Waals surface area contributed by atoms with Crippen molar-refractivity contribution in [3.05, 3.63) is 119 Å². The summed E-state index contributed by atoms with van der Waals surface area (Å²) in [5, 5.41) is 0. The van der Waals surface area contributed by atoms with E-state index in [4.69, 9.17) is 4.42 Å². The molecule has 156 valence electrons. The van der Waals surface area contributed by atoms with Crippen LogP contribution in [0.15, 0.2) is 95.5 Å². The van der Waals surface area contributed by atoms with E-state index in [2.05, 4.69) is 102 Å². The first-order chi connectivity index (χ1) is 15.9. The number of hydrogen-bond acceptors (Lipinski definition) is 2. The maximum atomic E-state index is 6.85. The zero-order chi connectivity index (χ0) is 21.1. The van der Waals surface area contributed by atoms with Crippen LogP contribution in [0.1, 0.15) is 47.0 Å². The number of rotatable bonds is 2. The summed E-state index contributed by atoms with van der Waals surface area (Å²) in [7, 11) is 0. The van der Waals surface area contributed by atoms with Crippen LogP contribution in [-0.4, -0.2) is 6.04 Å². The Hall–Kier alpha value is -3.52. The molecule has 4 aliphatic rings. The smallest absolute Gasteiger partial charge is 0.134 e. The predicted octanol–water partition coefficient (Wildman–Crippen LogP) is 7.42. The lowest BCUT2D eigenvalue weighted by molar-refractivity contribution is 0.459. The summed E-state index contributed by atoms with van der Waals surface area (Å²) in [6.45, 7) is 0. The van der Waals surface area contributed by atoms with Crippen LogP contribution in [0.4, 0.5) is 11.4 Å². The van der Waals surface area contributed by atoms with Gasteiger partial charge in [-0.25, -0.2) is 0 Å². The molecule has 0 radical (unpaired) electrons. The first-order valence-corrected chi connectivity index (χ1v) is 11.7. The number of furan rings is 1. The molecule has 1 aliphatic heterocycles. The van der Waals surface area contributed by atoms with Crippen LogP contribution < -0.4 is 4.90 Å². The quantitative estimate of drug-likeness (QED) is 0.433. The SMILES string of the molecule is C1=CCC(C2=CCCc3c2oc2c3C=CC3C2c2ccccc2N3c2ccccc2)C=C1. The summed E-state index contributed by atoms with van der Waals surface area (Å²) < 4.78 is 6.85. The Bertz CT molecular complexity index is 1320. The fourth-order valence-electron chi connectivity index (χ4n) is 6.04. The van der Waals surface area contributed by atoms with Gasteiger partial charge in [-0.3, -0.25) is 0 Å². The van der Waals surface area contributed by atoms with Crippen LogP contribution in [0.2, 0.25) is 0 Å². The van der Waals surface area contributed by atoms with Crippen molar-refractivity contribution < 1.29 is 4.42 Å². The number of anilines is 2. The molecule has 0 saturated heterocycles. The normalized spacial score (nSPS) is 24.6. The monoisotopic (exact) mass is 415 g/mol. The molecule has 1 aromatic heterocycles. The van der Waals surface area contributed by atoms with Gasteiger partial charge >= 0.3 is 0 Å². The molecule has 0 spiro atoms. The molecule has 0 fully saturated rings. The summed E-state index contributed by atoms with van der Waals surface area (Å²) in [5.74, 6) is 2.92. The number of fused-ring (bicyclic) bond motifs is 7. The Balaban J connectivity index is 1.38. The van der Waals surface area contributed by atoms with E-state index in [1.54, 1.807) is 0 Å². The maximum absolute atomic E-state index is 6.85. The Labute approximate surface area is 188 Å². The fraction of sp³-hybridized carbons (Fsp3) is 0.200. The highest BCUT2D eigenvalue weighted by Gasteiger charge is 2.44. The van der Waals surface area contributed by atoms with E-state index in [1.165, 1.54) is 33.6 Å². The van der Waals surface area contributed by atoms with Gasteiger partial charge in [0, 0.05) is 28.4 Å². The van der Waals surface area contributed by atoms with E-state index in [9.17, 15) is 0 Å². The molecule has 0 amide bonds. The van der Waals surface area contributed by atoms with Crippen LogP contribution in [0.5, 0.6) is 0 Å². The number of hydrogen-bond donors (Lipinski definition) is 0. The molecule has 2 aromatic carbocycles. The fourth-order valence-corrected chi connectivity index (χ4v) is 6.04. The topological polar surface area (TPSA) is 16.4 Å². The summed E-state index contributed by atoms with van der Waals surface area (Å²) >= 11 is 0. The second-order valence-electron chi connectivity index (χ2n) is 9.13. The van der Waals surface area contributed by atoms with E-state index in [0.717, 1.165) is 30.8 Å². The average molecular weight is 416 g/mol. The molecule has 0 N–H and O–H groups in total. The third-order valence-corrected chi connectivity index (χ3v) is 7.43. The molecular formula is C30H25NO. The standard InChI is InChI=1S/C30H25NO/c1-3-10-20(11-4-1)22-15-9-16-23-24-18-19-27-28(30(24)32-29(22)23)25-14-7-8-17-26(25)31(27)21-12-5-2-6-13-21/h1-8,10,12-15,17-20,27-28H,9,11,16H2. The molecular weight excluding hydrogens is 390 g/mol. The molecule has 32 heavy (non-hydrogen) atoms. The summed E-state index contributed by atoms with van der Waals surface area (Å²) in [6.07, 6.45) is 19.3. The van der Waals surface area contributed by atoms with E-state index in [-0.39, 0.29) is 12.0 Å². The van der Waals surface area contributed by atoms with Gasteiger partial charge in [-0.2, -0.15) is 0 Å². The van der Waals surface area contributed by atoms with Gasteiger partial charge in [-0.1, -0.05) is 78.9 Å². The lowest BCUT2D eigenvalue weighted by Gasteiger charge is -2.29. The van der Waals surface area contributed by atoms with E-state index < -0.39 is 0 Å². The van der Waals surface area contributed by atoms with Gasteiger partial charge in [0.15, 0.2) is 0 Å². The van der Waals surface area contributed by atoms with Crippen molar-refractivity contribution in [1.82, 2.24) is 0 Å². The van der Waals surface area contributed by atoms with Crippen molar-refractivity contribution >= 4 is 23.0 Å². The van der Waals surface area contributed by atoms with Crippen LogP contribution >= 0.6 is 0 Å². The van der Waals surface area contributed by atoms with Crippen molar-refractivity contribution in [2.24, 2.45) is 5.92 Å². The van der Waals surface area contributed by atoms with Crippen molar-refractivity contribution in [2.45, 2.75) is 31.2 Å². The van der Waals surface area contributed by atoms with Crippen LogP contribution in [0, 0.1) is 5.92 Å². The van der Waals surface area contributed by atoms with E-state index >= 15 is 0 Å². The Morgan fingerprint density at radius 1 is 0.906 bits per heavy atom. The molecule has 2 nitrogen and oxygen atoms in total. The molecule has 0 bridgehead atoms. The molecule has 2 heteroatoms. The lowest BCUT2D eigenvalue weighted by Crippen LogP contribution is -2.30. The van der Waals surface area contributed by atoms with Crippen LogP contribution in [0.25, 0.3) is 11.6 Å². The number of para-hydroxylation sites is 2. The third kappa shape index (κ3) is 2.53. The van der Waals surface area contributed by atoms with Crippen LogP contribution in [0.3, 0.4) is 0 Å². The zero-order valence-electron chi connectivity index (χ0n) is 17.9. The molecule has 3 aromatic rings. The van der Waals surface area contributed by atoms with Gasteiger partial charge < -0.3 is 9.32 Å². The largest absolute Gasteiger partial charge is 0.460 e. The van der Waals surface area contributed by atoms with Crippen molar-refractivity contribution in [2.75, 3.05) is 4.90 Å². The highest BCUT2D eigenvalue weighted by Crippen LogP contribution is 2.54. The van der Waals surface area contributed by atoms with Gasteiger partial charge in [-0.05, 0) is 48.6 Å². The first-order valence-electron chi connectivity index (χ1n) is 11.7. The lowest BCUT2D eigenvalue weighted by atomic mass is 9.81. The highest BCUT2D eigenvalue weighted by atomic mass is 16.3. The summed E-state index contributed by atoms with van der Waals surface area (Å²) in [5.41, 5.74) is 7.99. The van der Waals surface area contributed by atoms with E-state index in [1.807, 2.05) is 0 Å². The summed E-state index contributed by atoms with van der Waals surface area (Å²) in [6, 6.07) is 19.8. The minimum absolute atomic E-state index is 0.222. The third-order valence-electron chi connectivity index (χ3n) is 7.43. The summed E-state index contributed by atoms with van der Waals surface area (Å²) in [4.78, 5) is 2.48. The van der Waals surface area contributed by atoms with Gasteiger partial charge in [0.2, 0.25) is 0 Å². The van der Waals surface area contributed by atoms with E-state index in [0.29, 0.717) is 5.92 Å². The molecule has 0 saturated carbocycles. The second-order valence-corrected chi connectivity index (χ2v) is 9.13. The molecule has 3 atom stereocenters. The van der Waals surface area contributed by atoms with Crippen molar-refractivity contribution in [3.8, 4) is 0 Å². The molecule has 2 heterocycles. The van der Waals surface area contributed by atoms with Gasteiger partial charge in [0.1, 0.15) is 11.5 Å². The second kappa shape index (κ2) is 7.00. The number of allylic oxidation sites excluding steroid dienone is 6. The van der Waals surface area contributed by atoms with Gasteiger partial charge in [0.05, 0.1) is 12.0 Å². The van der Waals surface area contributed by atoms with Crippen LogP contribution in [-0.2, 0) is 6.42 Å². The van der Waals surface area contributed by atoms with Crippen molar-refractivity contribution in [1.29, 1.82) is 0 Å². The van der Waals surface area contributed by atoms with Crippen molar-refractivity contribution in [3.63, 3.8) is 0 Å². The molecule has 7 rings (SSSR count). The average Bonchev–Trinajstić information content (AvgIpc) is 3.41. The molecule has 3 unspecified atom stereocenters. The Morgan fingerprint density at radius 2 is 1.78 bits per heavy atom. The minimum atomic E-state index is 0.222. The predicted molar refractivity (Wildman–Crippen MR) is 131 cm³/mol.